The van der Waals surface area contributed by atoms with Crippen molar-refractivity contribution >= 4 is 33.7 Å². The van der Waals surface area contributed by atoms with Crippen molar-refractivity contribution < 1.29 is 21.1 Å². The Labute approximate surface area is 211 Å². The normalized spacial score (nSPS) is 12.2. The van der Waals surface area contributed by atoms with Gasteiger partial charge in [0.2, 0.25) is 0 Å². The topological polar surface area (TPSA) is 39.9 Å². The zero-order valence-corrected chi connectivity index (χ0v) is 20.4. The first-order valence-electron chi connectivity index (χ1n) is 10.9. The van der Waals surface area contributed by atoms with Crippen LogP contribution in [0.5, 0.6) is 0 Å². The average Bonchev–Trinajstić information content (AvgIpc) is 3.22. The summed E-state index contributed by atoms with van der Waals surface area (Å²) in [5.74, 6) is 0. The molecule has 3 aromatic heterocycles. The van der Waals surface area contributed by atoms with Crippen LogP contribution in [-0.2, 0) is 21.1 Å². The van der Waals surface area contributed by atoms with E-state index in [0.717, 1.165) is 49.5 Å². The Balaban J connectivity index is 0.00000241. The maximum absolute atomic E-state index is 4.99. The van der Waals surface area contributed by atoms with Crippen LogP contribution in [0.1, 0.15) is 11.4 Å². The number of nitrogens with zero attached hydrogens (tertiary/aromatic N) is 3. The van der Waals surface area contributed by atoms with Gasteiger partial charge in [-0.1, -0.05) is 66.7 Å². The fourth-order valence-corrected chi connectivity index (χ4v) is 4.16. The summed E-state index contributed by atoms with van der Waals surface area (Å²) in [4.78, 5) is 14.4. The molecule has 6 rings (SSSR count). The molecule has 0 spiro atoms. The Morgan fingerprint density at radius 1 is 0.676 bits per heavy atom. The predicted octanol–water partition coefficient (Wildman–Crippen LogP) is 4.86. The summed E-state index contributed by atoms with van der Waals surface area (Å²) in [7, 11) is 0. The first-order chi connectivity index (χ1) is 16.3. The Hall–Kier alpha value is -3.81. The number of rotatable bonds is 3. The van der Waals surface area contributed by atoms with Crippen LogP contribution in [0.2, 0.25) is 0 Å². The minimum atomic E-state index is 0. The van der Waals surface area contributed by atoms with Crippen LogP contribution in [0.25, 0.3) is 45.0 Å². The molecule has 0 saturated carbocycles. The molecule has 3 heterocycles. The van der Waals surface area contributed by atoms with Crippen LogP contribution in [0.15, 0.2) is 103 Å². The number of pyridine rings is 2. The molecule has 0 radical (unpaired) electrons. The SMILES string of the molecule is [Pt+2].[c-]1ccccc1-c1cccc(/C=c2\[n-]/c(=C\c3nccc4ccccc34)c3ccccc23)n1. The van der Waals surface area contributed by atoms with Gasteiger partial charge in [0, 0.05) is 11.6 Å². The third kappa shape index (κ3) is 4.23. The molecule has 0 bridgehead atoms. The summed E-state index contributed by atoms with van der Waals surface area (Å²) in [5.41, 5.74) is 3.65. The smallest absolute Gasteiger partial charge is 0.657 e. The van der Waals surface area contributed by atoms with Gasteiger partial charge in [-0.05, 0) is 40.1 Å². The van der Waals surface area contributed by atoms with E-state index in [1.165, 1.54) is 5.39 Å². The molecule has 6 aromatic rings. The Bertz CT molecular complexity index is 1710. The zero-order chi connectivity index (χ0) is 22.0. The van der Waals surface area contributed by atoms with Gasteiger partial charge in [0.25, 0.3) is 0 Å². The molecule has 0 unspecified atom stereocenters. The minimum absolute atomic E-state index is 0. The van der Waals surface area contributed by atoms with Gasteiger partial charge in [-0.25, -0.2) is 0 Å². The van der Waals surface area contributed by atoms with E-state index in [-0.39, 0.29) is 21.1 Å². The van der Waals surface area contributed by atoms with Crippen molar-refractivity contribution in [3.8, 4) is 11.3 Å². The van der Waals surface area contributed by atoms with E-state index < -0.39 is 0 Å². The first kappa shape index (κ1) is 22.0. The molecule has 0 aliphatic rings. The van der Waals surface area contributed by atoms with E-state index in [4.69, 9.17) is 9.97 Å². The van der Waals surface area contributed by atoms with Gasteiger partial charge in [-0.15, -0.1) is 46.6 Å². The van der Waals surface area contributed by atoms with Crippen LogP contribution in [0.3, 0.4) is 0 Å². The Kier molecular flexibility index (Phi) is 6.20. The number of hydrogen-bond acceptors (Lipinski definition) is 2. The van der Waals surface area contributed by atoms with Crippen molar-refractivity contribution in [2.24, 2.45) is 0 Å². The van der Waals surface area contributed by atoms with Crippen LogP contribution >= 0.6 is 0 Å². The average molecular weight is 617 g/mol. The van der Waals surface area contributed by atoms with E-state index in [1.54, 1.807) is 0 Å². The van der Waals surface area contributed by atoms with Gasteiger partial charge in [0.15, 0.2) is 0 Å². The molecule has 0 atom stereocenters. The summed E-state index contributed by atoms with van der Waals surface area (Å²) < 4.78 is 0. The van der Waals surface area contributed by atoms with Gasteiger partial charge in [-0.3, -0.25) is 9.97 Å². The van der Waals surface area contributed by atoms with Crippen molar-refractivity contribution in [3.05, 3.63) is 131 Å². The van der Waals surface area contributed by atoms with Gasteiger partial charge in [-0.2, -0.15) is 0 Å². The summed E-state index contributed by atoms with van der Waals surface area (Å²) in [6.45, 7) is 0. The third-order valence-corrected chi connectivity index (χ3v) is 5.74. The van der Waals surface area contributed by atoms with Crippen LogP contribution < -0.4 is 15.7 Å². The standard InChI is InChI=1S/C30H19N3.Pt/c1-2-10-22(11-3-1)27-16-8-12-23(32-27)19-29-25-14-6-7-15-26(25)30(33-29)20-28-24-13-5-4-9-21(24)17-18-31-28;/h1-10,12-20H;/q-2;+2/b29-19-,30-20-;. The second kappa shape index (κ2) is 9.59. The van der Waals surface area contributed by atoms with Gasteiger partial charge in [0.05, 0.1) is 11.4 Å². The van der Waals surface area contributed by atoms with Gasteiger partial charge < -0.3 is 4.98 Å². The van der Waals surface area contributed by atoms with Crippen LogP contribution in [-0.4, -0.2) is 9.97 Å². The Morgan fingerprint density at radius 2 is 1.41 bits per heavy atom. The molecule has 0 N–H and O–H groups in total. The molecule has 0 fully saturated rings. The minimum Gasteiger partial charge on any atom is -0.657 e. The molecule has 0 aliphatic carbocycles. The van der Waals surface area contributed by atoms with E-state index in [9.17, 15) is 0 Å². The van der Waals surface area contributed by atoms with Crippen molar-refractivity contribution in [1.82, 2.24) is 15.0 Å². The maximum atomic E-state index is 4.99. The summed E-state index contributed by atoms with van der Waals surface area (Å²) >= 11 is 0. The molecule has 0 amide bonds. The molecular formula is C30H19N3Pt. The predicted molar refractivity (Wildman–Crippen MR) is 134 cm³/mol. The number of fused-ring (bicyclic) bond motifs is 2. The number of benzene rings is 3. The molecule has 164 valence electrons. The molecule has 0 aliphatic heterocycles. The summed E-state index contributed by atoms with van der Waals surface area (Å²) in [6.07, 6.45) is 5.97. The second-order valence-corrected chi connectivity index (χ2v) is 7.86. The molecule has 4 heteroatoms. The van der Waals surface area contributed by atoms with Gasteiger partial charge >= 0.3 is 21.1 Å². The van der Waals surface area contributed by atoms with Crippen molar-refractivity contribution in [1.29, 1.82) is 0 Å². The van der Waals surface area contributed by atoms with Crippen molar-refractivity contribution in [2.75, 3.05) is 0 Å². The first-order valence-corrected chi connectivity index (χ1v) is 10.9. The van der Waals surface area contributed by atoms with Gasteiger partial charge in [0.1, 0.15) is 0 Å². The van der Waals surface area contributed by atoms with Crippen molar-refractivity contribution in [3.63, 3.8) is 0 Å². The molecular weight excluding hydrogens is 597 g/mol. The fourth-order valence-electron chi connectivity index (χ4n) is 4.16. The second-order valence-electron chi connectivity index (χ2n) is 7.86. The van der Waals surface area contributed by atoms with E-state index in [2.05, 4.69) is 41.4 Å². The van der Waals surface area contributed by atoms with Crippen LogP contribution in [0.4, 0.5) is 0 Å². The summed E-state index contributed by atoms with van der Waals surface area (Å²) in [5, 5.41) is 6.30. The quantitative estimate of drug-likeness (QED) is 0.267. The van der Waals surface area contributed by atoms with E-state index >= 15 is 0 Å². The maximum Gasteiger partial charge on any atom is 2.00 e. The van der Waals surface area contributed by atoms with E-state index in [0.29, 0.717) is 0 Å². The molecule has 3 nitrogen and oxygen atoms in total. The molecule has 34 heavy (non-hydrogen) atoms. The fraction of sp³-hybridized carbons (Fsp3) is 0. The van der Waals surface area contributed by atoms with E-state index in [1.807, 2.05) is 85.1 Å². The molecule has 0 saturated heterocycles. The molecule has 3 aromatic carbocycles. The monoisotopic (exact) mass is 616 g/mol. The largest absolute Gasteiger partial charge is 2.00 e. The Morgan fingerprint density at radius 3 is 2.21 bits per heavy atom. The third-order valence-electron chi connectivity index (χ3n) is 5.74. The number of aromatic nitrogens is 3. The summed E-state index contributed by atoms with van der Waals surface area (Å²) in [6, 6.07) is 35.8. The van der Waals surface area contributed by atoms with Crippen LogP contribution in [0, 0.1) is 6.07 Å². The van der Waals surface area contributed by atoms with Crippen molar-refractivity contribution in [2.45, 2.75) is 0 Å². The number of hydrogen-bond donors (Lipinski definition) is 0. The zero-order valence-electron chi connectivity index (χ0n) is 18.1.